The van der Waals surface area contributed by atoms with Gasteiger partial charge in [-0.05, 0) is 0 Å². The summed E-state index contributed by atoms with van der Waals surface area (Å²) in [5.74, 6) is 0.0517. The maximum Gasteiger partial charge on any atom is -0.147 e. The van der Waals surface area contributed by atoms with Crippen LogP contribution in [0.25, 0.3) is 6.08 Å². The topological polar surface area (TPSA) is 26.8 Å². The van der Waals surface area contributed by atoms with Gasteiger partial charge in [0, 0.05) is 0 Å². The van der Waals surface area contributed by atoms with E-state index in [9.17, 15) is 4.79 Å². The summed E-state index contributed by atoms with van der Waals surface area (Å²) in [6, 6.07) is 18.8. The van der Waals surface area contributed by atoms with E-state index < -0.39 is 0 Å². The van der Waals surface area contributed by atoms with E-state index in [2.05, 4.69) is 56.9 Å². The SMILES string of the molecule is CN1C(=[Se])N(CCc2ccccc2)C(=O)C1=Cc1ccc(N2CCCC2)cc1.Cl. The van der Waals surface area contributed by atoms with Gasteiger partial charge in [-0.1, -0.05) is 0 Å². The molecule has 29 heavy (non-hydrogen) atoms. The van der Waals surface area contributed by atoms with Crippen molar-refractivity contribution < 1.29 is 4.79 Å². The number of carbonyl (C=O) groups excluding carboxylic acids is 1. The van der Waals surface area contributed by atoms with Crippen LogP contribution < -0.4 is 4.90 Å². The molecule has 0 unspecified atom stereocenters. The Morgan fingerprint density at radius 3 is 2.31 bits per heavy atom. The molecule has 0 atom stereocenters. The fourth-order valence-corrected chi connectivity index (χ4v) is 4.38. The quantitative estimate of drug-likeness (QED) is 0.491. The van der Waals surface area contributed by atoms with Gasteiger partial charge >= 0.3 is 175 Å². The Balaban J connectivity index is 0.00000240. The molecule has 0 aliphatic carbocycles. The average molecular weight is 475 g/mol. The predicted molar refractivity (Wildman–Crippen MR) is 123 cm³/mol. The Labute approximate surface area is 186 Å². The van der Waals surface area contributed by atoms with E-state index >= 15 is 0 Å². The van der Waals surface area contributed by atoms with Crippen LogP contribution in [-0.4, -0.2) is 62.6 Å². The molecular formula is C23H26ClN3OSe. The fraction of sp³-hybridized carbons (Fsp3) is 0.304. The van der Waals surface area contributed by atoms with Crippen molar-refractivity contribution in [2.24, 2.45) is 0 Å². The van der Waals surface area contributed by atoms with Crippen molar-refractivity contribution in [2.75, 3.05) is 31.6 Å². The van der Waals surface area contributed by atoms with Gasteiger partial charge in [-0.2, -0.15) is 0 Å². The Morgan fingerprint density at radius 2 is 1.66 bits per heavy atom. The third-order valence-electron chi connectivity index (χ3n) is 5.48. The average Bonchev–Trinajstić information content (AvgIpc) is 3.33. The number of carbonyl (C=O) groups is 1. The van der Waals surface area contributed by atoms with Crippen molar-refractivity contribution >= 4 is 50.3 Å². The van der Waals surface area contributed by atoms with Gasteiger partial charge in [-0.15, -0.1) is 12.4 Å². The number of rotatable bonds is 5. The molecule has 2 aliphatic rings. The first kappa shape index (κ1) is 21.6. The zero-order chi connectivity index (χ0) is 19.5. The van der Waals surface area contributed by atoms with Crippen LogP contribution in [0.1, 0.15) is 24.0 Å². The monoisotopic (exact) mass is 475 g/mol. The Hall–Kier alpha value is -2.07. The van der Waals surface area contributed by atoms with E-state index in [4.69, 9.17) is 0 Å². The van der Waals surface area contributed by atoms with Gasteiger partial charge in [0.05, 0.1) is 0 Å². The molecule has 0 radical (unpaired) electrons. The summed E-state index contributed by atoms with van der Waals surface area (Å²) in [5, 5.41) is 0. The van der Waals surface area contributed by atoms with Crippen LogP contribution in [0.4, 0.5) is 5.69 Å². The number of benzene rings is 2. The zero-order valence-corrected chi connectivity index (χ0v) is 19.1. The van der Waals surface area contributed by atoms with E-state index in [0.29, 0.717) is 12.2 Å². The van der Waals surface area contributed by atoms with Gasteiger partial charge in [0.1, 0.15) is 0 Å². The molecule has 4 rings (SSSR count). The predicted octanol–water partition coefficient (Wildman–Crippen LogP) is 3.32. The molecule has 1 amide bonds. The van der Waals surface area contributed by atoms with Gasteiger partial charge in [0.25, 0.3) is 0 Å². The van der Waals surface area contributed by atoms with E-state index in [0.717, 1.165) is 29.7 Å². The summed E-state index contributed by atoms with van der Waals surface area (Å²) in [4.78, 5) is 19.2. The van der Waals surface area contributed by atoms with Crippen molar-refractivity contribution in [3.05, 3.63) is 71.4 Å². The first-order chi connectivity index (χ1) is 13.6. The van der Waals surface area contributed by atoms with Crippen molar-refractivity contribution in [2.45, 2.75) is 19.3 Å². The number of amides is 1. The molecule has 6 heteroatoms. The van der Waals surface area contributed by atoms with E-state index in [-0.39, 0.29) is 18.3 Å². The summed E-state index contributed by atoms with van der Waals surface area (Å²) in [6.07, 6.45) is 5.37. The molecule has 0 spiro atoms. The number of likely N-dealkylation sites (N-methyl/N-ethyl adjacent to an activating group) is 1. The van der Waals surface area contributed by atoms with E-state index in [1.807, 2.05) is 41.1 Å². The maximum atomic E-state index is 13.0. The molecule has 2 aromatic rings. The third kappa shape index (κ3) is 4.75. The Morgan fingerprint density at radius 1 is 1.00 bits per heavy atom. The second-order valence-electron chi connectivity index (χ2n) is 7.35. The summed E-state index contributed by atoms with van der Waals surface area (Å²) in [7, 11) is 1.94. The van der Waals surface area contributed by atoms with E-state index in [1.54, 1.807) is 0 Å². The molecule has 0 N–H and O–H groups in total. The zero-order valence-electron chi connectivity index (χ0n) is 16.6. The standard InChI is InChI=1S/C23H25N3OSe.ClH/c1-24-21(17-19-9-11-20(12-10-19)25-14-5-6-15-25)22(27)26(23(24)28)16-13-18-7-3-2-4-8-18;/h2-4,7-12,17H,5-6,13-16H2,1H3;1H. The van der Waals surface area contributed by atoms with Crippen molar-refractivity contribution in [1.29, 1.82) is 0 Å². The number of anilines is 1. The van der Waals surface area contributed by atoms with E-state index in [1.165, 1.54) is 24.1 Å². The van der Waals surface area contributed by atoms with Crippen LogP contribution in [-0.2, 0) is 11.2 Å². The first-order valence-electron chi connectivity index (χ1n) is 9.84. The number of nitrogens with zero attached hydrogens (tertiary/aromatic N) is 3. The summed E-state index contributed by atoms with van der Waals surface area (Å²) < 4.78 is 0.862. The van der Waals surface area contributed by atoms with Gasteiger partial charge in [0.15, 0.2) is 0 Å². The minimum Gasteiger partial charge on any atom is -0.147 e. The van der Waals surface area contributed by atoms with Crippen LogP contribution >= 0.6 is 12.4 Å². The van der Waals surface area contributed by atoms with Crippen molar-refractivity contribution in [1.82, 2.24) is 9.80 Å². The molecule has 2 heterocycles. The molecule has 152 valence electrons. The Bertz CT molecular complexity index is 892. The first-order valence-corrected chi connectivity index (χ1v) is 10.7. The minimum atomic E-state index is 0. The molecule has 0 saturated carbocycles. The van der Waals surface area contributed by atoms with Gasteiger partial charge in [-0.25, -0.2) is 0 Å². The summed E-state index contributed by atoms with van der Waals surface area (Å²) in [5.41, 5.74) is 4.26. The molecule has 2 fully saturated rings. The molecule has 2 aromatic carbocycles. The molecular weight excluding hydrogens is 449 g/mol. The van der Waals surface area contributed by atoms with Crippen LogP contribution in [0, 0.1) is 0 Å². The summed E-state index contributed by atoms with van der Waals surface area (Å²) in [6.45, 7) is 2.95. The third-order valence-corrected chi connectivity index (χ3v) is 6.52. The van der Waals surface area contributed by atoms with Gasteiger partial charge in [0.2, 0.25) is 0 Å². The van der Waals surface area contributed by atoms with Crippen LogP contribution in [0.3, 0.4) is 0 Å². The maximum absolute atomic E-state index is 13.0. The van der Waals surface area contributed by atoms with Crippen LogP contribution in [0.5, 0.6) is 0 Å². The van der Waals surface area contributed by atoms with Crippen LogP contribution in [0.2, 0.25) is 0 Å². The summed E-state index contributed by atoms with van der Waals surface area (Å²) >= 11 is 3.07. The second kappa shape index (κ2) is 9.62. The normalized spacial score (nSPS) is 18.0. The fourth-order valence-electron chi connectivity index (χ4n) is 3.81. The molecule has 2 saturated heterocycles. The minimum absolute atomic E-state index is 0. The number of hydrogen-bond acceptors (Lipinski definition) is 3. The largest absolute Gasteiger partial charge is 0.147 e. The second-order valence-corrected chi connectivity index (χ2v) is 8.12. The van der Waals surface area contributed by atoms with Crippen molar-refractivity contribution in [3.63, 3.8) is 0 Å². The van der Waals surface area contributed by atoms with Gasteiger partial charge < -0.3 is 0 Å². The molecule has 0 aromatic heterocycles. The Kier molecular flexibility index (Phi) is 7.18. The number of hydrogen-bond donors (Lipinski definition) is 0. The molecule has 2 aliphatic heterocycles. The smallest absolute Gasteiger partial charge is 0.147 e. The van der Waals surface area contributed by atoms with Crippen molar-refractivity contribution in [3.8, 4) is 0 Å². The molecule has 0 bridgehead atoms. The molecule has 4 nitrogen and oxygen atoms in total. The number of halogens is 1. The van der Waals surface area contributed by atoms with Gasteiger partial charge in [-0.3, -0.25) is 0 Å². The van der Waals surface area contributed by atoms with Crippen LogP contribution in [0.15, 0.2) is 60.3 Å².